The van der Waals surface area contributed by atoms with Crippen LogP contribution in [0.5, 0.6) is 0 Å². The molecule has 2 aromatic rings. The van der Waals surface area contributed by atoms with E-state index >= 15 is 0 Å². The van der Waals surface area contributed by atoms with Gasteiger partial charge in [-0.05, 0) is 30.2 Å². The Labute approximate surface area is 145 Å². The number of carbonyl (C=O) groups excluding carboxylic acids is 3. The Kier molecular flexibility index (Phi) is 4.50. The van der Waals surface area contributed by atoms with Crippen LogP contribution in [-0.4, -0.2) is 22.8 Å². The second-order valence-corrected chi connectivity index (χ2v) is 5.57. The number of fused-ring (bicyclic) bond motifs is 1. The molecule has 0 fully saturated rings. The molecule has 0 unspecified atom stereocenters. The fourth-order valence-corrected chi connectivity index (χ4v) is 2.65. The van der Waals surface area contributed by atoms with Crippen LogP contribution in [-0.2, 0) is 22.2 Å². The predicted molar refractivity (Wildman–Crippen MR) is 82.8 cm³/mol. The number of nitrogens with zero attached hydrogens (tertiary/aromatic N) is 1. The average Bonchev–Trinajstić information content (AvgIpc) is 2.85. The lowest BCUT2D eigenvalue weighted by atomic mass is 10.0. The van der Waals surface area contributed by atoms with Crippen molar-refractivity contribution in [2.24, 2.45) is 0 Å². The Morgan fingerprint density at radius 1 is 0.923 bits per heavy atom. The lowest BCUT2D eigenvalue weighted by Gasteiger charge is -2.14. The number of hydroxylamine groups is 2. The Balaban J connectivity index is 1.67. The summed E-state index contributed by atoms with van der Waals surface area (Å²) in [7, 11) is 0. The number of imide groups is 1. The van der Waals surface area contributed by atoms with Crippen molar-refractivity contribution in [2.75, 3.05) is 0 Å². The van der Waals surface area contributed by atoms with Crippen LogP contribution < -0.4 is 0 Å². The van der Waals surface area contributed by atoms with Crippen LogP contribution in [0.1, 0.15) is 38.3 Å². The molecule has 0 saturated carbocycles. The van der Waals surface area contributed by atoms with E-state index in [-0.39, 0.29) is 23.1 Å². The van der Waals surface area contributed by atoms with Crippen molar-refractivity contribution in [1.29, 1.82) is 0 Å². The van der Waals surface area contributed by atoms with E-state index in [0.717, 1.165) is 6.07 Å². The minimum atomic E-state index is -4.54. The largest absolute Gasteiger partial charge is 0.416 e. The zero-order valence-electron chi connectivity index (χ0n) is 13.2. The standard InChI is InChI=1S/C18H12F3NO4/c19-18(20,21)14-8-4-1-5-11(14)9-10-15(23)26-22-16(24)12-6-2-3-7-13(12)17(22)25/h1-8H,9-10H2. The third-order valence-corrected chi connectivity index (χ3v) is 3.87. The van der Waals surface area contributed by atoms with Crippen molar-refractivity contribution in [3.8, 4) is 0 Å². The maximum atomic E-state index is 12.9. The Morgan fingerprint density at radius 2 is 1.46 bits per heavy atom. The quantitative estimate of drug-likeness (QED) is 0.781. The van der Waals surface area contributed by atoms with Crippen LogP contribution in [0, 0.1) is 0 Å². The van der Waals surface area contributed by atoms with Gasteiger partial charge in [0.15, 0.2) is 0 Å². The molecule has 0 N–H and O–H groups in total. The van der Waals surface area contributed by atoms with Crippen molar-refractivity contribution < 1.29 is 32.4 Å². The summed E-state index contributed by atoms with van der Waals surface area (Å²) in [6.07, 6.45) is -5.19. The summed E-state index contributed by atoms with van der Waals surface area (Å²) >= 11 is 0. The van der Waals surface area contributed by atoms with Crippen LogP contribution in [0.2, 0.25) is 0 Å². The first-order valence-electron chi connectivity index (χ1n) is 7.63. The van der Waals surface area contributed by atoms with Gasteiger partial charge in [0.2, 0.25) is 0 Å². The third-order valence-electron chi connectivity index (χ3n) is 3.87. The monoisotopic (exact) mass is 363 g/mol. The molecule has 0 atom stereocenters. The molecule has 0 radical (unpaired) electrons. The Bertz CT molecular complexity index is 857. The van der Waals surface area contributed by atoms with Crippen LogP contribution >= 0.6 is 0 Å². The van der Waals surface area contributed by atoms with Gasteiger partial charge in [-0.25, -0.2) is 4.79 Å². The van der Waals surface area contributed by atoms with Gasteiger partial charge in [0.05, 0.1) is 23.1 Å². The van der Waals surface area contributed by atoms with E-state index in [4.69, 9.17) is 4.84 Å². The minimum absolute atomic E-state index is 0.0701. The predicted octanol–water partition coefficient (Wildman–Crippen LogP) is 3.39. The van der Waals surface area contributed by atoms with Gasteiger partial charge in [-0.3, -0.25) is 9.59 Å². The van der Waals surface area contributed by atoms with Gasteiger partial charge in [0, 0.05) is 0 Å². The van der Waals surface area contributed by atoms with E-state index in [1.54, 1.807) is 12.1 Å². The number of amides is 2. The van der Waals surface area contributed by atoms with Gasteiger partial charge >= 0.3 is 12.1 Å². The number of rotatable bonds is 4. The number of aryl methyl sites for hydroxylation is 1. The first-order valence-corrected chi connectivity index (χ1v) is 7.63. The molecular formula is C18H12F3NO4. The van der Waals surface area contributed by atoms with Gasteiger partial charge in [-0.15, -0.1) is 0 Å². The molecule has 134 valence electrons. The Morgan fingerprint density at radius 3 is 2.04 bits per heavy atom. The van der Waals surface area contributed by atoms with Crippen molar-refractivity contribution in [1.82, 2.24) is 5.06 Å². The van der Waals surface area contributed by atoms with Crippen LogP contribution in [0.3, 0.4) is 0 Å². The lowest BCUT2D eigenvalue weighted by molar-refractivity contribution is -0.168. The highest BCUT2D eigenvalue weighted by atomic mass is 19.4. The zero-order valence-corrected chi connectivity index (χ0v) is 13.2. The molecule has 2 amide bonds. The van der Waals surface area contributed by atoms with E-state index in [1.165, 1.54) is 30.3 Å². The summed E-state index contributed by atoms with van der Waals surface area (Å²) in [6, 6.07) is 10.8. The normalized spacial score (nSPS) is 13.7. The van der Waals surface area contributed by atoms with Crippen molar-refractivity contribution in [2.45, 2.75) is 19.0 Å². The molecule has 0 bridgehead atoms. The fourth-order valence-electron chi connectivity index (χ4n) is 2.65. The first kappa shape index (κ1) is 17.7. The SMILES string of the molecule is O=C(CCc1ccccc1C(F)(F)F)ON1C(=O)c2ccccc2C1=O. The molecule has 26 heavy (non-hydrogen) atoms. The van der Waals surface area contributed by atoms with Gasteiger partial charge in [0.25, 0.3) is 11.8 Å². The molecule has 0 aliphatic carbocycles. The van der Waals surface area contributed by atoms with Gasteiger partial charge in [-0.1, -0.05) is 35.4 Å². The molecule has 0 aromatic heterocycles. The number of hydrogen-bond donors (Lipinski definition) is 0. The van der Waals surface area contributed by atoms with Crippen LogP contribution in [0.15, 0.2) is 48.5 Å². The molecule has 1 aliphatic heterocycles. The zero-order chi connectivity index (χ0) is 18.9. The van der Waals surface area contributed by atoms with E-state index in [0.29, 0.717) is 5.06 Å². The average molecular weight is 363 g/mol. The summed E-state index contributed by atoms with van der Waals surface area (Å²) < 4.78 is 38.8. The molecule has 2 aromatic carbocycles. The summed E-state index contributed by atoms with van der Waals surface area (Å²) in [5.74, 6) is -2.54. The molecule has 5 nitrogen and oxygen atoms in total. The highest BCUT2D eigenvalue weighted by Crippen LogP contribution is 2.32. The maximum Gasteiger partial charge on any atom is 0.416 e. The maximum absolute atomic E-state index is 12.9. The second kappa shape index (κ2) is 6.62. The van der Waals surface area contributed by atoms with Gasteiger partial charge in [0.1, 0.15) is 0 Å². The smallest absolute Gasteiger partial charge is 0.330 e. The molecule has 3 rings (SSSR count). The number of halogens is 3. The molecule has 0 spiro atoms. The lowest BCUT2D eigenvalue weighted by Crippen LogP contribution is -2.32. The van der Waals surface area contributed by atoms with Gasteiger partial charge < -0.3 is 4.84 Å². The summed E-state index contributed by atoms with van der Waals surface area (Å²) in [6.45, 7) is 0. The van der Waals surface area contributed by atoms with E-state index in [9.17, 15) is 27.6 Å². The molecule has 1 aliphatic rings. The third kappa shape index (κ3) is 3.30. The number of alkyl halides is 3. The summed E-state index contributed by atoms with van der Waals surface area (Å²) in [5.41, 5.74) is -0.701. The number of hydrogen-bond acceptors (Lipinski definition) is 4. The minimum Gasteiger partial charge on any atom is -0.330 e. The second-order valence-electron chi connectivity index (χ2n) is 5.57. The first-order chi connectivity index (χ1) is 12.3. The molecular weight excluding hydrogens is 351 g/mol. The fraction of sp³-hybridized carbons (Fsp3) is 0.167. The van der Waals surface area contributed by atoms with Crippen molar-refractivity contribution in [3.63, 3.8) is 0 Å². The van der Waals surface area contributed by atoms with Gasteiger partial charge in [-0.2, -0.15) is 13.2 Å². The van der Waals surface area contributed by atoms with E-state index < -0.39 is 35.9 Å². The molecule has 8 heteroatoms. The van der Waals surface area contributed by atoms with E-state index in [1.807, 2.05) is 0 Å². The van der Waals surface area contributed by atoms with Crippen LogP contribution in [0.4, 0.5) is 13.2 Å². The van der Waals surface area contributed by atoms with E-state index in [2.05, 4.69) is 0 Å². The summed E-state index contributed by atoms with van der Waals surface area (Å²) in [5, 5.41) is 0.336. The number of carbonyl (C=O) groups is 3. The molecule has 1 heterocycles. The topological polar surface area (TPSA) is 63.7 Å². The highest BCUT2D eigenvalue weighted by molar-refractivity contribution is 6.20. The Hall–Kier alpha value is -3.16. The van der Waals surface area contributed by atoms with Crippen molar-refractivity contribution in [3.05, 3.63) is 70.8 Å². The summed E-state index contributed by atoms with van der Waals surface area (Å²) in [4.78, 5) is 40.9. The number of benzene rings is 2. The van der Waals surface area contributed by atoms with Crippen molar-refractivity contribution >= 4 is 17.8 Å². The van der Waals surface area contributed by atoms with Crippen LogP contribution in [0.25, 0.3) is 0 Å². The highest BCUT2D eigenvalue weighted by Gasteiger charge is 2.38. The molecule has 0 saturated heterocycles.